The third-order valence-electron chi connectivity index (χ3n) is 4.92. The Bertz CT molecular complexity index is 443. The molecule has 2 unspecified atom stereocenters. The molecule has 3 rings (SSSR count). The SMILES string of the molecule is CNC1C2CC[C@]1(C)c1cc(OC)ccc1C2. The number of ether oxygens (including phenoxy) is 1. The van der Waals surface area contributed by atoms with E-state index in [9.17, 15) is 0 Å². The minimum absolute atomic E-state index is 0.293. The number of benzene rings is 1. The van der Waals surface area contributed by atoms with Crippen molar-refractivity contribution in [3.8, 4) is 5.75 Å². The molecular formula is C15H21NO. The van der Waals surface area contributed by atoms with Gasteiger partial charge in [-0.3, -0.25) is 0 Å². The average Bonchev–Trinajstić information content (AvgIpc) is 2.59. The van der Waals surface area contributed by atoms with Crippen LogP contribution in [0.2, 0.25) is 0 Å². The van der Waals surface area contributed by atoms with Crippen LogP contribution < -0.4 is 10.1 Å². The number of hydrogen-bond acceptors (Lipinski definition) is 2. The zero-order valence-electron chi connectivity index (χ0n) is 10.9. The van der Waals surface area contributed by atoms with Gasteiger partial charge in [0.25, 0.3) is 0 Å². The smallest absolute Gasteiger partial charge is 0.119 e. The lowest BCUT2D eigenvalue weighted by Crippen LogP contribution is -2.48. The van der Waals surface area contributed by atoms with Crippen molar-refractivity contribution >= 4 is 0 Å². The molecule has 17 heavy (non-hydrogen) atoms. The molecule has 0 radical (unpaired) electrons. The molecule has 2 aliphatic carbocycles. The Hall–Kier alpha value is -1.02. The molecule has 0 aromatic heterocycles. The van der Waals surface area contributed by atoms with Crippen LogP contribution in [0.5, 0.6) is 5.75 Å². The highest BCUT2D eigenvalue weighted by atomic mass is 16.5. The minimum atomic E-state index is 0.293. The second kappa shape index (κ2) is 3.74. The van der Waals surface area contributed by atoms with E-state index in [2.05, 4.69) is 37.5 Å². The van der Waals surface area contributed by atoms with Gasteiger partial charge in [0.05, 0.1) is 7.11 Å². The molecule has 0 aliphatic heterocycles. The Morgan fingerprint density at radius 3 is 2.94 bits per heavy atom. The summed E-state index contributed by atoms with van der Waals surface area (Å²) in [7, 11) is 3.85. The van der Waals surface area contributed by atoms with Crippen LogP contribution in [0.1, 0.15) is 30.9 Å². The van der Waals surface area contributed by atoms with Gasteiger partial charge in [-0.15, -0.1) is 0 Å². The summed E-state index contributed by atoms with van der Waals surface area (Å²) >= 11 is 0. The highest BCUT2D eigenvalue weighted by Crippen LogP contribution is 2.51. The summed E-state index contributed by atoms with van der Waals surface area (Å²) in [6.45, 7) is 2.41. The maximum atomic E-state index is 5.38. The first-order valence-electron chi connectivity index (χ1n) is 6.53. The molecule has 1 fully saturated rings. The van der Waals surface area contributed by atoms with Crippen LogP contribution in [0.15, 0.2) is 18.2 Å². The number of fused-ring (bicyclic) bond motifs is 4. The first-order valence-corrected chi connectivity index (χ1v) is 6.53. The highest BCUT2D eigenvalue weighted by Gasteiger charge is 2.49. The predicted molar refractivity (Wildman–Crippen MR) is 69.6 cm³/mol. The van der Waals surface area contributed by atoms with Crippen molar-refractivity contribution < 1.29 is 4.74 Å². The summed E-state index contributed by atoms with van der Waals surface area (Å²) in [6, 6.07) is 7.24. The molecular weight excluding hydrogens is 210 g/mol. The summed E-state index contributed by atoms with van der Waals surface area (Å²) in [5.41, 5.74) is 3.33. The third kappa shape index (κ3) is 1.43. The molecule has 2 nitrogen and oxygen atoms in total. The fourth-order valence-electron chi connectivity index (χ4n) is 4.08. The van der Waals surface area contributed by atoms with Gasteiger partial charge in [0.2, 0.25) is 0 Å². The minimum Gasteiger partial charge on any atom is -0.497 e. The molecule has 2 bridgehead atoms. The topological polar surface area (TPSA) is 21.3 Å². The van der Waals surface area contributed by atoms with Crippen molar-refractivity contribution in [3.05, 3.63) is 29.3 Å². The van der Waals surface area contributed by atoms with Gasteiger partial charge in [0.1, 0.15) is 5.75 Å². The van der Waals surface area contributed by atoms with Crippen molar-refractivity contribution in [1.29, 1.82) is 0 Å². The van der Waals surface area contributed by atoms with Crippen LogP contribution >= 0.6 is 0 Å². The van der Waals surface area contributed by atoms with Crippen LogP contribution in [0.4, 0.5) is 0 Å². The molecule has 2 aliphatic rings. The summed E-state index contributed by atoms with van der Waals surface area (Å²) in [6.07, 6.45) is 3.86. The molecule has 3 atom stereocenters. The molecule has 1 saturated carbocycles. The lowest BCUT2D eigenvalue weighted by molar-refractivity contribution is 0.300. The van der Waals surface area contributed by atoms with E-state index in [1.54, 1.807) is 7.11 Å². The number of hydrogen-bond donors (Lipinski definition) is 1. The van der Waals surface area contributed by atoms with Gasteiger partial charge in [0.15, 0.2) is 0 Å². The van der Waals surface area contributed by atoms with Crippen LogP contribution in [0.3, 0.4) is 0 Å². The molecule has 0 heterocycles. The van der Waals surface area contributed by atoms with E-state index in [0.717, 1.165) is 11.7 Å². The number of likely N-dealkylation sites (N-methyl/N-ethyl adjacent to an activating group) is 1. The normalized spacial score (nSPS) is 34.5. The second-order valence-electron chi connectivity index (χ2n) is 5.71. The second-order valence-corrected chi connectivity index (χ2v) is 5.71. The number of methoxy groups -OCH3 is 1. The molecule has 0 amide bonds. The van der Waals surface area contributed by atoms with E-state index in [1.165, 1.54) is 30.4 Å². The Balaban J connectivity index is 2.12. The molecule has 0 spiro atoms. The van der Waals surface area contributed by atoms with E-state index >= 15 is 0 Å². The standard InChI is InChI=1S/C15H21NO/c1-15-7-6-11(14(15)16-2)8-10-4-5-12(17-3)9-13(10)15/h4-5,9,11,14,16H,6-8H2,1-3H3/t11?,14?,15-/m1/s1. The fraction of sp³-hybridized carbons (Fsp3) is 0.600. The lowest BCUT2D eigenvalue weighted by atomic mass is 9.69. The predicted octanol–water partition coefficient (Wildman–Crippen LogP) is 2.51. The van der Waals surface area contributed by atoms with Crippen molar-refractivity contribution in [2.24, 2.45) is 5.92 Å². The maximum absolute atomic E-state index is 5.38. The van der Waals surface area contributed by atoms with Gasteiger partial charge < -0.3 is 10.1 Å². The molecule has 92 valence electrons. The van der Waals surface area contributed by atoms with Crippen molar-refractivity contribution in [3.63, 3.8) is 0 Å². The van der Waals surface area contributed by atoms with E-state index in [4.69, 9.17) is 4.74 Å². The fourth-order valence-corrected chi connectivity index (χ4v) is 4.08. The Morgan fingerprint density at radius 1 is 1.41 bits per heavy atom. The zero-order chi connectivity index (χ0) is 12.0. The van der Waals surface area contributed by atoms with Crippen LogP contribution in [0.25, 0.3) is 0 Å². The molecule has 1 N–H and O–H groups in total. The molecule has 1 aromatic carbocycles. The van der Waals surface area contributed by atoms with Crippen LogP contribution in [-0.2, 0) is 11.8 Å². The van der Waals surface area contributed by atoms with Gasteiger partial charge in [-0.1, -0.05) is 13.0 Å². The maximum Gasteiger partial charge on any atom is 0.119 e. The number of rotatable bonds is 2. The first-order chi connectivity index (χ1) is 8.19. The van der Waals surface area contributed by atoms with E-state index in [-0.39, 0.29) is 0 Å². The summed E-state index contributed by atoms with van der Waals surface area (Å²) in [5, 5.41) is 3.54. The van der Waals surface area contributed by atoms with Crippen LogP contribution in [-0.4, -0.2) is 20.2 Å². The summed E-state index contributed by atoms with van der Waals surface area (Å²) in [4.78, 5) is 0. The monoisotopic (exact) mass is 231 g/mol. The highest BCUT2D eigenvalue weighted by molar-refractivity contribution is 5.45. The lowest BCUT2D eigenvalue weighted by Gasteiger charge is -2.40. The Kier molecular flexibility index (Phi) is 2.44. The van der Waals surface area contributed by atoms with Crippen molar-refractivity contribution in [2.75, 3.05) is 14.2 Å². The Labute approximate surface area is 103 Å². The largest absolute Gasteiger partial charge is 0.497 e. The van der Waals surface area contributed by atoms with Gasteiger partial charge >= 0.3 is 0 Å². The molecule has 1 aromatic rings. The van der Waals surface area contributed by atoms with Gasteiger partial charge in [0, 0.05) is 11.5 Å². The van der Waals surface area contributed by atoms with E-state index < -0.39 is 0 Å². The third-order valence-corrected chi connectivity index (χ3v) is 4.92. The average molecular weight is 231 g/mol. The van der Waals surface area contributed by atoms with E-state index in [0.29, 0.717) is 11.5 Å². The van der Waals surface area contributed by atoms with Gasteiger partial charge in [-0.25, -0.2) is 0 Å². The van der Waals surface area contributed by atoms with Crippen LogP contribution in [0, 0.1) is 5.92 Å². The first kappa shape index (κ1) is 11.1. The number of nitrogens with one attached hydrogen (secondary N) is 1. The van der Waals surface area contributed by atoms with Gasteiger partial charge in [-0.2, -0.15) is 0 Å². The van der Waals surface area contributed by atoms with E-state index in [1.807, 2.05) is 0 Å². The molecule has 2 heteroatoms. The Morgan fingerprint density at radius 2 is 2.24 bits per heavy atom. The van der Waals surface area contributed by atoms with Gasteiger partial charge in [-0.05, 0) is 55.5 Å². The van der Waals surface area contributed by atoms with Crippen molar-refractivity contribution in [1.82, 2.24) is 5.32 Å². The summed E-state index contributed by atoms with van der Waals surface area (Å²) in [5.74, 6) is 1.80. The van der Waals surface area contributed by atoms with Crippen molar-refractivity contribution in [2.45, 2.75) is 37.6 Å². The molecule has 0 saturated heterocycles. The summed E-state index contributed by atoms with van der Waals surface area (Å²) < 4.78 is 5.38. The quantitative estimate of drug-likeness (QED) is 0.844. The zero-order valence-corrected chi connectivity index (χ0v) is 10.9.